The number of hydrogen-bond acceptors (Lipinski definition) is 7. The number of hydrogen-bond donors (Lipinski definition) is 0. The monoisotopic (exact) mass is 777 g/mol. The van der Waals surface area contributed by atoms with E-state index >= 15 is 0 Å². The van der Waals surface area contributed by atoms with Gasteiger partial charge in [0, 0.05) is 46.0 Å². The van der Waals surface area contributed by atoms with E-state index in [-0.39, 0.29) is 0 Å². The third-order valence-electron chi connectivity index (χ3n) is 10.8. The summed E-state index contributed by atoms with van der Waals surface area (Å²) < 4.78 is 6.51. The first kappa shape index (κ1) is 34.6. The molecule has 11 rings (SSSR count). The van der Waals surface area contributed by atoms with Crippen molar-refractivity contribution >= 4 is 62.9 Å². The van der Waals surface area contributed by atoms with Gasteiger partial charge in [0.15, 0.2) is 11.5 Å². The average molecular weight is 778 g/mol. The van der Waals surface area contributed by atoms with E-state index in [4.69, 9.17) is 4.74 Å². The van der Waals surface area contributed by atoms with Crippen molar-refractivity contribution in [1.82, 2.24) is 9.97 Å². The summed E-state index contributed by atoms with van der Waals surface area (Å²) in [6.07, 6.45) is 7.35. The Balaban J connectivity index is 1.16. The second-order valence-electron chi connectivity index (χ2n) is 14.4. The minimum Gasteiger partial charge on any atom is -0.453 e. The Morgan fingerprint density at radius 3 is 1.24 bits per heavy atom. The fourth-order valence-electron chi connectivity index (χ4n) is 8.07. The molecule has 0 unspecified atom stereocenters. The van der Waals surface area contributed by atoms with E-state index in [0.29, 0.717) is 0 Å². The number of fused-ring (bicyclic) bond motifs is 4. The third-order valence-corrected chi connectivity index (χ3v) is 11.9. The number of nitrogens with zero attached hydrogens (tertiary/aromatic N) is 5. The Bertz CT molecular complexity index is 2670. The van der Waals surface area contributed by atoms with Crippen LogP contribution >= 0.6 is 11.8 Å². The number of para-hydroxylation sites is 6. The van der Waals surface area contributed by atoms with Gasteiger partial charge in [-0.05, 0) is 138 Å². The van der Waals surface area contributed by atoms with Crippen molar-refractivity contribution in [3.63, 3.8) is 0 Å². The number of rotatable bonds is 7. The molecule has 0 spiro atoms. The summed E-state index contributed by atoms with van der Waals surface area (Å²) in [5.41, 5.74) is 13.8. The van der Waals surface area contributed by atoms with Gasteiger partial charge in [-0.2, -0.15) is 0 Å². The zero-order chi connectivity index (χ0) is 39.1. The summed E-state index contributed by atoms with van der Waals surface area (Å²) in [6.45, 7) is 0. The summed E-state index contributed by atoms with van der Waals surface area (Å²) in [5.74, 6) is 1.61. The molecule has 0 saturated carbocycles. The first-order chi connectivity index (χ1) is 29.2. The molecule has 9 aromatic rings. The van der Waals surface area contributed by atoms with Crippen LogP contribution in [0.2, 0.25) is 0 Å². The summed E-state index contributed by atoms with van der Waals surface area (Å²) in [5, 5.41) is 0. The molecule has 0 saturated heterocycles. The molecule has 6 nitrogen and oxygen atoms in total. The standard InChI is InChI=1S/C52H35N5OS/c1-5-13-49-45(9-1)56(46-10-2-6-14-50(46)58-49)43-33-42(34-44(35-43)57-47-11-3-7-15-51(47)59-52-16-8-4-12-48(52)57)55(40-21-17-36(18-22-40)38-25-29-53-30-26-38)41-23-19-37(20-24-41)39-27-31-54-32-28-39/h1-35H. The highest BCUT2D eigenvalue weighted by Crippen LogP contribution is 2.55. The zero-order valence-corrected chi connectivity index (χ0v) is 32.6. The Morgan fingerprint density at radius 1 is 0.373 bits per heavy atom. The molecule has 0 radical (unpaired) electrons. The second kappa shape index (κ2) is 14.7. The summed E-state index contributed by atoms with van der Waals surface area (Å²) >= 11 is 1.81. The highest BCUT2D eigenvalue weighted by atomic mass is 32.2. The Kier molecular flexibility index (Phi) is 8.64. The Labute approximate surface area is 347 Å². The van der Waals surface area contributed by atoms with Crippen molar-refractivity contribution in [3.05, 3.63) is 213 Å². The van der Waals surface area contributed by atoms with Crippen LogP contribution in [0.5, 0.6) is 11.5 Å². The van der Waals surface area contributed by atoms with E-state index in [1.165, 1.54) is 9.79 Å². The first-order valence-electron chi connectivity index (χ1n) is 19.5. The van der Waals surface area contributed by atoms with Gasteiger partial charge in [0.1, 0.15) is 0 Å². The van der Waals surface area contributed by atoms with E-state index in [2.05, 4.69) is 164 Å². The van der Waals surface area contributed by atoms with E-state index in [1.54, 1.807) is 0 Å². The normalized spacial score (nSPS) is 12.4. The minimum absolute atomic E-state index is 0.804. The van der Waals surface area contributed by atoms with Crippen molar-refractivity contribution in [1.29, 1.82) is 0 Å². The van der Waals surface area contributed by atoms with Gasteiger partial charge in [0.05, 0.1) is 39.8 Å². The lowest BCUT2D eigenvalue weighted by molar-refractivity contribution is 0.477. The van der Waals surface area contributed by atoms with Crippen LogP contribution in [-0.4, -0.2) is 9.97 Å². The molecular formula is C52H35N5OS. The maximum atomic E-state index is 6.51. The molecule has 2 aliphatic heterocycles. The molecule has 2 aromatic heterocycles. The largest absolute Gasteiger partial charge is 0.453 e. The van der Waals surface area contributed by atoms with Gasteiger partial charge in [-0.25, -0.2) is 0 Å². The van der Waals surface area contributed by atoms with Crippen LogP contribution in [0, 0.1) is 0 Å². The van der Waals surface area contributed by atoms with Crippen molar-refractivity contribution < 1.29 is 4.74 Å². The lowest BCUT2D eigenvalue weighted by Crippen LogP contribution is -2.19. The number of aromatic nitrogens is 2. The van der Waals surface area contributed by atoms with Crippen LogP contribution in [0.3, 0.4) is 0 Å². The molecule has 0 amide bonds. The van der Waals surface area contributed by atoms with Crippen LogP contribution in [-0.2, 0) is 0 Å². The number of pyridine rings is 2. The predicted molar refractivity (Wildman–Crippen MR) is 241 cm³/mol. The lowest BCUT2D eigenvalue weighted by atomic mass is 10.0. The van der Waals surface area contributed by atoms with Gasteiger partial charge in [0.2, 0.25) is 0 Å². The molecule has 0 atom stereocenters. The molecule has 0 aliphatic carbocycles. The van der Waals surface area contributed by atoms with Crippen molar-refractivity contribution in [3.8, 4) is 33.8 Å². The SMILES string of the molecule is c1ccc2c(c1)Oc1ccccc1N2c1cc(N(c2ccc(-c3ccncc3)cc2)c2ccc(-c3ccncc3)cc2)cc(N2c3ccccc3Sc3ccccc32)c1. The molecule has 0 fully saturated rings. The molecule has 59 heavy (non-hydrogen) atoms. The Hall–Kier alpha value is -7.61. The first-order valence-corrected chi connectivity index (χ1v) is 20.4. The minimum atomic E-state index is 0.804. The molecule has 280 valence electrons. The molecule has 0 N–H and O–H groups in total. The van der Waals surface area contributed by atoms with Crippen LogP contribution in [0.4, 0.5) is 51.2 Å². The second-order valence-corrected chi connectivity index (χ2v) is 15.4. The van der Waals surface area contributed by atoms with E-state index < -0.39 is 0 Å². The highest BCUT2D eigenvalue weighted by Gasteiger charge is 2.30. The van der Waals surface area contributed by atoms with Crippen LogP contribution in [0.25, 0.3) is 22.3 Å². The van der Waals surface area contributed by atoms with Gasteiger partial charge >= 0.3 is 0 Å². The fourth-order valence-corrected chi connectivity index (χ4v) is 9.13. The Morgan fingerprint density at radius 2 is 0.763 bits per heavy atom. The third kappa shape index (κ3) is 6.34. The number of anilines is 9. The number of ether oxygens (including phenoxy) is 1. The molecule has 4 heterocycles. The van der Waals surface area contributed by atoms with E-state index in [9.17, 15) is 0 Å². The highest BCUT2D eigenvalue weighted by molar-refractivity contribution is 7.99. The lowest BCUT2D eigenvalue weighted by Gasteiger charge is -2.37. The molecular weight excluding hydrogens is 743 g/mol. The van der Waals surface area contributed by atoms with Gasteiger partial charge in [-0.1, -0.05) is 84.6 Å². The summed E-state index contributed by atoms with van der Waals surface area (Å²) in [4.78, 5) is 18.0. The van der Waals surface area contributed by atoms with Crippen molar-refractivity contribution in [2.75, 3.05) is 14.7 Å². The molecule has 7 aromatic carbocycles. The van der Waals surface area contributed by atoms with Crippen LogP contribution in [0.15, 0.2) is 223 Å². The maximum Gasteiger partial charge on any atom is 0.151 e. The quantitative estimate of drug-likeness (QED) is 0.160. The number of benzene rings is 7. The van der Waals surface area contributed by atoms with Crippen molar-refractivity contribution in [2.24, 2.45) is 0 Å². The molecule has 0 bridgehead atoms. The van der Waals surface area contributed by atoms with Crippen molar-refractivity contribution in [2.45, 2.75) is 9.79 Å². The topological polar surface area (TPSA) is 44.7 Å². The van der Waals surface area contributed by atoms with Gasteiger partial charge in [-0.3, -0.25) is 9.97 Å². The van der Waals surface area contributed by atoms with E-state index in [1.807, 2.05) is 85.1 Å². The maximum absolute atomic E-state index is 6.51. The van der Waals surface area contributed by atoms with E-state index in [0.717, 1.165) is 84.9 Å². The summed E-state index contributed by atoms with van der Waals surface area (Å²) in [6, 6.07) is 66.6. The fraction of sp³-hybridized carbons (Fsp3) is 0. The van der Waals surface area contributed by atoms with Crippen LogP contribution in [0.1, 0.15) is 0 Å². The van der Waals surface area contributed by atoms with Gasteiger partial charge < -0.3 is 19.4 Å². The summed E-state index contributed by atoms with van der Waals surface area (Å²) in [7, 11) is 0. The average Bonchev–Trinajstić information content (AvgIpc) is 3.31. The van der Waals surface area contributed by atoms with Gasteiger partial charge in [0.25, 0.3) is 0 Å². The molecule has 2 aliphatic rings. The molecule has 7 heteroatoms. The zero-order valence-electron chi connectivity index (χ0n) is 31.8. The predicted octanol–water partition coefficient (Wildman–Crippen LogP) is 14.8. The smallest absolute Gasteiger partial charge is 0.151 e. The van der Waals surface area contributed by atoms with Gasteiger partial charge in [-0.15, -0.1) is 0 Å². The van der Waals surface area contributed by atoms with Crippen LogP contribution < -0.4 is 19.4 Å².